The third-order valence-electron chi connectivity index (χ3n) is 17.0. The third-order valence-corrected chi connectivity index (χ3v) is 17.0. The summed E-state index contributed by atoms with van der Waals surface area (Å²) < 4.78 is 126. The molecule has 4 aliphatic rings. The lowest BCUT2D eigenvalue weighted by molar-refractivity contribution is -0.377. The van der Waals surface area contributed by atoms with Crippen LogP contribution in [0.15, 0.2) is 168 Å². The van der Waals surface area contributed by atoms with Gasteiger partial charge in [-0.1, -0.05) is 150 Å². The van der Waals surface area contributed by atoms with Crippen molar-refractivity contribution in [2.75, 3.05) is 41.2 Å². The van der Waals surface area contributed by atoms with Crippen molar-refractivity contribution in [1.29, 1.82) is 0 Å². The van der Waals surface area contributed by atoms with E-state index in [0.29, 0.717) is 33.6 Å². The van der Waals surface area contributed by atoms with Crippen LogP contribution in [0.25, 0.3) is 20.9 Å². The van der Waals surface area contributed by atoms with Crippen LogP contribution in [-0.2, 0) is 152 Å². The molecule has 562 valence electrons. The zero-order valence-electron chi connectivity index (χ0n) is 58.6. The van der Waals surface area contributed by atoms with Crippen LogP contribution in [0, 0.1) is 0 Å². The average Bonchev–Trinajstić information content (AvgIpc) is 0.761. The molecule has 5 aromatic rings. The highest BCUT2D eigenvalue weighted by atomic mass is 16.8. The molecule has 0 saturated carbocycles. The second-order valence-electron chi connectivity index (χ2n) is 24.2. The minimum absolute atomic E-state index is 0.122. The Kier molecular flexibility index (Phi) is 30.5. The number of ether oxygens (including phenoxy) is 20. The van der Waals surface area contributed by atoms with Gasteiger partial charge in [-0.25, -0.2) is 9.59 Å². The predicted octanol–water partition coefficient (Wildman–Crippen LogP) is 7.87. The van der Waals surface area contributed by atoms with Gasteiger partial charge in [0.05, 0.1) is 61.0 Å². The van der Waals surface area contributed by atoms with Crippen molar-refractivity contribution in [3.8, 4) is 5.75 Å². The van der Waals surface area contributed by atoms with Gasteiger partial charge >= 0.3 is 35.8 Å². The molecule has 5 aromatic carbocycles. The number of carbonyl (C=O) groups is 6. The number of hydrogen-bond acceptors (Lipinski definition) is 28. The van der Waals surface area contributed by atoms with Crippen molar-refractivity contribution in [3.05, 3.63) is 207 Å². The van der Waals surface area contributed by atoms with Crippen LogP contribution in [0.2, 0.25) is 0 Å². The van der Waals surface area contributed by atoms with Gasteiger partial charge in [-0.3, -0.25) is 19.2 Å². The van der Waals surface area contributed by atoms with Gasteiger partial charge in [0.2, 0.25) is 0 Å². The molecule has 0 bridgehead atoms. The lowest BCUT2D eigenvalue weighted by Gasteiger charge is -2.51. The first-order chi connectivity index (χ1) is 50.9. The van der Waals surface area contributed by atoms with Gasteiger partial charge in [0.1, 0.15) is 92.1 Å². The summed E-state index contributed by atoms with van der Waals surface area (Å²) in [5.74, 6) is -4.97. The minimum Gasteiger partial charge on any atom is -0.497 e. The largest absolute Gasteiger partial charge is 0.497 e. The molecule has 4 fully saturated rings. The smallest absolute Gasteiger partial charge is 0.337 e. The van der Waals surface area contributed by atoms with Gasteiger partial charge in [-0.15, -0.1) is 6.58 Å². The van der Waals surface area contributed by atoms with Gasteiger partial charge in [-0.2, -0.15) is 0 Å². The van der Waals surface area contributed by atoms with E-state index in [1.165, 1.54) is 13.2 Å². The van der Waals surface area contributed by atoms with Crippen molar-refractivity contribution in [3.63, 3.8) is 0 Å². The summed E-state index contributed by atoms with van der Waals surface area (Å²) >= 11 is 0. The zero-order valence-corrected chi connectivity index (χ0v) is 58.6. The first-order valence-electron chi connectivity index (χ1n) is 33.5. The molecule has 0 unspecified atom stereocenters. The maximum atomic E-state index is 14.9. The van der Waals surface area contributed by atoms with E-state index in [2.05, 4.69) is 26.6 Å². The number of nitrogens with zero attached hydrogens (tertiary/aromatic N) is 6. The van der Waals surface area contributed by atoms with E-state index in [1.807, 2.05) is 0 Å². The van der Waals surface area contributed by atoms with E-state index in [1.54, 1.807) is 146 Å². The minimum atomic E-state index is -2.03. The molecule has 0 amide bonds. The molecule has 0 spiro atoms. The predicted molar refractivity (Wildman–Crippen MR) is 361 cm³/mol. The van der Waals surface area contributed by atoms with Gasteiger partial charge in [-0.05, 0) is 51.0 Å². The highest BCUT2D eigenvalue weighted by Crippen LogP contribution is 2.41. The van der Waals surface area contributed by atoms with Crippen molar-refractivity contribution in [1.82, 2.24) is 0 Å². The molecular weight excluding hydrogens is 1380 g/mol. The summed E-state index contributed by atoms with van der Waals surface area (Å²) in [7, 11) is 3.68. The molecule has 105 heavy (non-hydrogen) atoms. The van der Waals surface area contributed by atoms with Gasteiger partial charge in [0.15, 0.2) is 49.6 Å². The van der Waals surface area contributed by atoms with E-state index >= 15 is 0 Å². The van der Waals surface area contributed by atoms with Crippen LogP contribution in [0.5, 0.6) is 5.75 Å². The average molecular weight is 1460 g/mol. The zero-order chi connectivity index (χ0) is 74.8. The fourth-order valence-corrected chi connectivity index (χ4v) is 12.2. The fraction of sp³-hybridized carbons (Fsp3) is 0.479. The number of hydrogen-bond donors (Lipinski definition) is 0. The summed E-state index contributed by atoms with van der Waals surface area (Å²) in [6, 6.07) is 38.9. The third kappa shape index (κ3) is 22.1. The molecule has 20 atom stereocenters. The van der Waals surface area contributed by atoms with Crippen LogP contribution in [0.3, 0.4) is 0 Å². The maximum absolute atomic E-state index is 14.9. The normalized spacial score (nSPS) is 28.5. The molecule has 0 aliphatic carbocycles. The second kappa shape index (κ2) is 40.2. The molecule has 0 aromatic heterocycles. The summed E-state index contributed by atoms with van der Waals surface area (Å²) in [5.41, 5.74) is 23.9. The van der Waals surface area contributed by atoms with E-state index in [-0.39, 0.29) is 39.6 Å². The summed E-state index contributed by atoms with van der Waals surface area (Å²) in [6.45, 7) is 5.78. The van der Waals surface area contributed by atoms with E-state index < -0.39 is 172 Å². The molecule has 4 saturated heterocycles. The van der Waals surface area contributed by atoms with E-state index in [4.69, 9.17) is 94.7 Å². The molecule has 4 aliphatic heterocycles. The standard InChI is InChI=1S/C73H84N6O26/c1-9-34-89-70-54(76-78-74)58(92-35-46-22-14-10-15-23-46)56(52(99-70)40-90-42(2)80)101-73-67(98-45(5)83)62(96-38-49-28-20-13-21-29-49)63(65(105-73)69(85)88-8)103-71-55(77-79-75)59(93-36-47-24-16-11-17-25-47)57(53(100-71)41-91-43(3)81)102-72-66(97-44(4)82)61(95-37-48-26-18-12-19-27-48)60(64(104-72)68(84)87-7)94-39-50-30-32-51(86-6)33-31-50/h9-33,52-67,70-73H,1,34-41H2,2-8H3/t52-,53-,54-,55-,56-,57-,58-,59-,60+,61+,62+,63+,64-,65-,66-,67-,70+,71-,72-,73-/m1/s1. The Bertz CT molecular complexity index is 3710. The number of methoxy groups -OCH3 is 3. The first-order valence-corrected chi connectivity index (χ1v) is 33.5. The van der Waals surface area contributed by atoms with Crippen LogP contribution in [-0.4, -0.2) is 200 Å². The Hall–Kier alpha value is -9.44. The Morgan fingerprint density at radius 3 is 1.13 bits per heavy atom. The lowest BCUT2D eigenvalue weighted by Crippen LogP contribution is -2.69. The topological polar surface area (TPSA) is 385 Å². The van der Waals surface area contributed by atoms with Crippen molar-refractivity contribution in [2.45, 2.75) is 183 Å². The molecule has 0 radical (unpaired) electrons. The summed E-state index contributed by atoms with van der Waals surface area (Å²) in [5, 5.41) is 8.27. The Morgan fingerprint density at radius 2 is 0.762 bits per heavy atom. The van der Waals surface area contributed by atoms with Crippen LogP contribution in [0.4, 0.5) is 0 Å². The Balaban J connectivity index is 1.16. The van der Waals surface area contributed by atoms with Crippen molar-refractivity contribution < 1.29 is 124 Å². The highest BCUT2D eigenvalue weighted by Gasteiger charge is 2.61. The monoisotopic (exact) mass is 1460 g/mol. The van der Waals surface area contributed by atoms with Crippen LogP contribution in [0.1, 0.15) is 55.5 Å². The number of azide groups is 2. The quantitative estimate of drug-likeness (QED) is 0.00929. The van der Waals surface area contributed by atoms with Crippen LogP contribution >= 0.6 is 0 Å². The maximum Gasteiger partial charge on any atom is 0.337 e. The second-order valence-corrected chi connectivity index (χ2v) is 24.2. The van der Waals surface area contributed by atoms with E-state index in [9.17, 15) is 39.8 Å². The van der Waals surface area contributed by atoms with E-state index in [0.717, 1.165) is 41.9 Å². The van der Waals surface area contributed by atoms with Gasteiger partial charge < -0.3 is 94.7 Å². The van der Waals surface area contributed by atoms with Gasteiger partial charge in [0.25, 0.3) is 0 Å². The molecule has 4 heterocycles. The summed E-state index contributed by atoms with van der Waals surface area (Å²) in [6.07, 6.45) is -28.9. The SMILES string of the molecule is C=CCO[C@H]1O[C@H](COC(C)=O)[C@@H](O[C@@H]2O[C@@H](C(=O)OC)[C@@H](O[C@H]3O[C@H](COC(C)=O)[C@@H](O[C@@H]4O[C@@H](C(=O)OC)[C@@H](OCc5ccc(OC)cc5)[C@H](OCc5ccccc5)[C@H]4OC(C)=O)[C@H](OCc4ccccc4)[C@H]3N=[N+]=[N-])[C@H](OCc3ccccc3)[C@H]2OC(C)=O)[C@H](OCc2ccccc2)[C@H]1N=[N+]=[N-]. The fourth-order valence-electron chi connectivity index (χ4n) is 12.2. The Morgan fingerprint density at radius 1 is 0.410 bits per heavy atom. The Labute approximate surface area is 604 Å². The van der Waals surface area contributed by atoms with Crippen molar-refractivity contribution >= 4 is 35.8 Å². The lowest BCUT2D eigenvalue weighted by atomic mass is 9.93. The molecular formula is C73H84N6O26. The first kappa shape index (κ1) is 79.7. The highest BCUT2D eigenvalue weighted by molar-refractivity contribution is 5.76. The molecule has 9 rings (SSSR count). The number of benzene rings is 5. The van der Waals surface area contributed by atoms with Gasteiger partial charge in [0, 0.05) is 37.5 Å². The number of carbonyl (C=O) groups excluding carboxylic acids is 6. The summed E-state index contributed by atoms with van der Waals surface area (Å²) in [4.78, 5) is 88.6. The molecule has 32 heteroatoms. The number of rotatable bonds is 35. The molecule has 0 N–H and O–H groups in total. The van der Waals surface area contributed by atoms with Crippen LogP contribution < -0.4 is 4.74 Å². The van der Waals surface area contributed by atoms with Crippen molar-refractivity contribution in [2.24, 2.45) is 10.2 Å². The molecule has 32 nitrogen and oxygen atoms in total. The number of esters is 6.